The van der Waals surface area contributed by atoms with Gasteiger partial charge in [-0.15, -0.1) is 11.3 Å². The summed E-state index contributed by atoms with van der Waals surface area (Å²) in [4.78, 5) is 38.9. The lowest BCUT2D eigenvalue weighted by atomic mass is 9.98. The molecular weight excluding hydrogens is 557 g/mol. The summed E-state index contributed by atoms with van der Waals surface area (Å²) in [5.74, 6) is -1.00. The number of amides is 3. The van der Waals surface area contributed by atoms with Gasteiger partial charge in [0.1, 0.15) is 17.6 Å². The normalized spacial score (nSPS) is 13.6. The van der Waals surface area contributed by atoms with Gasteiger partial charge >= 0.3 is 12.0 Å². The van der Waals surface area contributed by atoms with E-state index in [9.17, 15) is 14.4 Å². The number of hydrogen-bond donors (Lipinski definition) is 3. The molecule has 1 fully saturated rings. The lowest BCUT2D eigenvalue weighted by molar-refractivity contribution is -0.149. The Morgan fingerprint density at radius 2 is 1.59 bits per heavy atom. The number of carbonyl (C=O) groups is 3. The Labute approximate surface area is 233 Å². The molecule has 1 heterocycles. The van der Waals surface area contributed by atoms with Gasteiger partial charge in [-0.2, -0.15) is 0 Å². The van der Waals surface area contributed by atoms with Gasteiger partial charge in [0, 0.05) is 9.90 Å². The van der Waals surface area contributed by atoms with Gasteiger partial charge in [0.25, 0.3) is 5.91 Å². The molecule has 0 aliphatic heterocycles. The third-order valence-corrected chi connectivity index (χ3v) is 7.67. The summed E-state index contributed by atoms with van der Waals surface area (Å²) < 4.78 is 5.48. The predicted octanol–water partition coefficient (Wildman–Crippen LogP) is 7.63. The summed E-state index contributed by atoms with van der Waals surface area (Å²) in [5, 5.41) is 8.84. The molecule has 1 aliphatic rings. The van der Waals surface area contributed by atoms with Gasteiger partial charge in [-0.25, -0.2) is 4.79 Å². The minimum Gasteiger partial charge on any atom is -0.461 e. The first-order valence-corrected chi connectivity index (χ1v) is 13.6. The highest BCUT2D eigenvalue weighted by Crippen LogP contribution is 2.37. The van der Waals surface area contributed by atoms with E-state index in [1.54, 1.807) is 6.07 Å². The lowest BCUT2D eigenvalue weighted by Crippen LogP contribution is -2.33. The fourth-order valence-corrected chi connectivity index (χ4v) is 5.93. The Morgan fingerprint density at radius 3 is 2.27 bits per heavy atom. The largest absolute Gasteiger partial charge is 0.461 e. The highest BCUT2D eigenvalue weighted by molar-refractivity contribution is 7.20. The molecule has 0 unspecified atom stereocenters. The lowest BCUT2D eigenvalue weighted by Gasteiger charge is -2.21. The first kappa shape index (κ1) is 27.3. The molecule has 1 saturated carbocycles. The third-order valence-electron chi connectivity index (χ3n) is 5.75. The Kier molecular flexibility index (Phi) is 9.32. The number of halogens is 3. The molecule has 2 aromatic carbocycles. The third kappa shape index (κ3) is 7.38. The Bertz CT molecular complexity index is 1270. The number of nitrogens with one attached hydrogen (secondary N) is 3. The molecule has 37 heavy (non-hydrogen) atoms. The van der Waals surface area contributed by atoms with Crippen molar-refractivity contribution in [3.63, 3.8) is 0 Å². The smallest absolute Gasteiger partial charge is 0.325 e. The van der Waals surface area contributed by atoms with Crippen molar-refractivity contribution in [3.05, 3.63) is 69.2 Å². The van der Waals surface area contributed by atoms with Gasteiger partial charge in [0.05, 0.1) is 21.3 Å². The SMILES string of the molecule is O=C(Nc1sc(-c2ccccc2)cc1C(=O)NCC(=O)OC1CCCCC1)Nc1c(Cl)cc(Cl)cc1Cl. The van der Waals surface area contributed by atoms with E-state index >= 15 is 0 Å². The van der Waals surface area contributed by atoms with E-state index in [1.165, 1.54) is 23.5 Å². The van der Waals surface area contributed by atoms with Crippen molar-refractivity contribution < 1.29 is 19.1 Å². The predicted molar refractivity (Wildman–Crippen MR) is 149 cm³/mol. The van der Waals surface area contributed by atoms with Crippen molar-refractivity contribution in [2.24, 2.45) is 0 Å². The number of rotatable bonds is 7. The summed E-state index contributed by atoms with van der Waals surface area (Å²) in [6.07, 6.45) is 4.80. The van der Waals surface area contributed by atoms with Crippen LogP contribution >= 0.6 is 46.1 Å². The quantitative estimate of drug-likeness (QED) is 0.250. The second kappa shape index (κ2) is 12.6. The zero-order valence-corrected chi connectivity index (χ0v) is 22.7. The fraction of sp³-hybridized carbons (Fsp3) is 0.269. The number of esters is 1. The molecular formula is C26H24Cl3N3O4S. The molecule has 0 radical (unpaired) electrons. The van der Waals surface area contributed by atoms with Crippen LogP contribution in [0.4, 0.5) is 15.5 Å². The average Bonchev–Trinajstić information content (AvgIpc) is 3.29. The zero-order chi connectivity index (χ0) is 26.4. The number of carbonyl (C=O) groups excluding carboxylic acids is 3. The van der Waals surface area contributed by atoms with E-state index in [0.717, 1.165) is 42.5 Å². The van der Waals surface area contributed by atoms with Crippen LogP contribution in [0.5, 0.6) is 0 Å². The van der Waals surface area contributed by atoms with Crippen LogP contribution in [0.2, 0.25) is 15.1 Å². The van der Waals surface area contributed by atoms with Gasteiger partial charge in [-0.3, -0.25) is 14.9 Å². The van der Waals surface area contributed by atoms with Crippen LogP contribution < -0.4 is 16.0 Å². The molecule has 3 amide bonds. The number of thiophene rings is 1. The molecule has 194 valence electrons. The highest BCUT2D eigenvalue weighted by atomic mass is 35.5. The van der Waals surface area contributed by atoms with E-state index in [-0.39, 0.29) is 38.9 Å². The van der Waals surface area contributed by atoms with Crippen molar-refractivity contribution in [1.82, 2.24) is 5.32 Å². The molecule has 7 nitrogen and oxygen atoms in total. The van der Waals surface area contributed by atoms with Crippen LogP contribution in [-0.2, 0) is 9.53 Å². The van der Waals surface area contributed by atoms with E-state index in [2.05, 4.69) is 16.0 Å². The van der Waals surface area contributed by atoms with E-state index in [4.69, 9.17) is 39.5 Å². The molecule has 1 aromatic heterocycles. The Hall–Kier alpha value is -2.78. The maximum absolute atomic E-state index is 13.1. The summed E-state index contributed by atoms with van der Waals surface area (Å²) >= 11 is 19.5. The number of urea groups is 1. The summed E-state index contributed by atoms with van der Waals surface area (Å²) in [5.41, 5.74) is 1.26. The van der Waals surface area contributed by atoms with E-state index in [1.807, 2.05) is 30.3 Å². The molecule has 0 bridgehead atoms. The maximum Gasteiger partial charge on any atom is 0.325 e. The minimum atomic E-state index is -0.654. The van der Waals surface area contributed by atoms with Crippen LogP contribution in [0.1, 0.15) is 42.5 Å². The van der Waals surface area contributed by atoms with Crippen molar-refractivity contribution in [2.45, 2.75) is 38.2 Å². The number of hydrogen-bond acceptors (Lipinski definition) is 5. The monoisotopic (exact) mass is 579 g/mol. The first-order chi connectivity index (χ1) is 17.8. The van der Waals surface area contributed by atoms with E-state index in [0.29, 0.717) is 5.02 Å². The molecule has 3 aromatic rings. The number of anilines is 2. The molecule has 4 rings (SSSR count). The van der Waals surface area contributed by atoms with Crippen molar-refractivity contribution >= 4 is 74.7 Å². The highest BCUT2D eigenvalue weighted by Gasteiger charge is 2.22. The van der Waals surface area contributed by atoms with Crippen molar-refractivity contribution in [3.8, 4) is 10.4 Å². The van der Waals surface area contributed by atoms with Crippen LogP contribution in [0.15, 0.2) is 48.5 Å². The molecule has 0 saturated heterocycles. The molecule has 3 N–H and O–H groups in total. The molecule has 0 spiro atoms. The van der Waals surface area contributed by atoms with Gasteiger partial charge in [0.2, 0.25) is 0 Å². The van der Waals surface area contributed by atoms with Crippen LogP contribution in [0.3, 0.4) is 0 Å². The van der Waals surface area contributed by atoms with Crippen LogP contribution in [0.25, 0.3) is 10.4 Å². The number of benzene rings is 2. The molecule has 1 aliphatic carbocycles. The van der Waals surface area contributed by atoms with Gasteiger partial charge in [0.15, 0.2) is 0 Å². The average molecular weight is 581 g/mol. The summed E-state index contributed by atoms with van der Waals surface area (Å²) in [7, 11) is 0. The second-order valence-electron chi connectivity index (χ2n) is 8.48. The van der Waals surface area contributed by atoms with Crippen LogP contribution in [-0.4, -0.2) is 30.6 Å². The summed E-state index contributed by atoms with van der Waals surface area (Å²) in [6.45, 7) is -0.270. The van der Waals surface area contributed by atoms with Crippen molar-refractivity contribution in [1.29, 1.82) is 0 Å². The van der Waals surface area contributed by atoms with Gasteiger partial charge < -0.3 is 15.4 Å². The van der Waals surface area contributed by atoms with Crippen LogP contribution in [0, 0.1) is 0 Å². The second-order valence-corrected chi connectivity index (χ2v) is 10.8. The topological polar surface area (TPSA) is 96.5 Å². The Balaban J connectivity index is 1.49. The first-order valence-electron chi connectivity index (χ1n) is 11.7. The minimum absolute atomic E-state index is 0.101. The van der Waals surface area contributed by atoms with E-state index < -0.39 is 17.9 Å². The Morgan fingerprint density at radius 1 is 0.919 bits per heavy atom. The molecule has 0 atom stereocenters. The van der Waals surface area contributed by atoms with Gasteiger partial charge in [-0.05, 0) is 49.4 Å². The van der Waals surface area contributed by atoms with Gasteiger partial charge in [-0.1, -0.05) is 71.6 Å². The zero-order valence-electron chi connectivity index (χ0n) is 19.6. The fourth-order valence-electron chi connectivity index (χ4n) is 3.96. The van der Waals surface area contributed by atoms with Crippen molar-refractivity contribution in [2.75, 3.05) is 17.2 Å². The maximum atomic E-state index is 13.1. The number of ether oxygens (including phenoxy) is 1. The molecule has 11 heteroatoms. The standard InChI is InChI=1S/C26H24Cl3N3O4S/c27-16-11-19(28)23(20(29)12-16)31-26(35)32-25-18(13-21(37-25)15-7-3-1-4-8-15)24(34)30-14-22(33)36-17-9-5-2-6-10-17/h1,3-4,7-8,11-13,17H,2,5-6,9-10,14H2,(H,30,34)(H2,31,32,35). The summed E-state index contributed by atoms with van der Waals surface area (Å²) in [6, 6.07) is 13.3.